The fraction of sp³-hybridized carbons (Fsp3) is 0.630. The zero-order chi connectivity index (χ0) is 27.3. The van der Waals surface area contributed by atoms with Crippen molar-refractivity contribution in [2.75, 3.05) is 68.1 Å². The molecule has 1 aromatic heterocycles. The molecule has 12 nitrogen and oxygen atoms in total. The van der Waals surface area contributed by atoms with E-state index in [1.165, 1.54) is 6.42 Å². The summed E-state index contributed by atoms with van der Waals surface area (Å²) in [4.78, 5) is 28.7. The fourth-order valence-corrected chi connectivity index (χ4v) is 4.70. The molecule has 0 spiro atoms. The molecule has 0 bridgehead atoms. The van der Waals surface area contributed by atoms with E-state index >= 15 is 0 Å². The molecule has 39 heavy (non-hydrogen) atoms. The van der Waals surface area contributed by atoms with E-state index in [4.69, 9.17) is 25.2 Å². The van der Waals surface area contributed by atoms with Crippen molar-refractivity contribution in [3.63, 3.8) is 0 Å². The van der Waals surface area contributed by atoms with Crippen LogP contribution in [0.3, 0.4) is 0 Å². The Morgan fingerprint density at radius 1 is 0.923 bits per heavy atom. The van der Waals surface area contributed by atoms with Gasteiger partial charge in [0.25, 0.3) is 5.91 Å². The maximum atomic E-state index is 12.5. The van der Waals surface area contributed by atoms with Crippen LogP contribution in [0.2, 0.25) is 0 Å². The van der Waals surface area contributed by atoms with Gasteiger partial charge in [0.05, 0.1) is 32.5 Å². The molecule has 1 aliphatic heterocycles. The van der Waals surface area contributed by atoms with Crippen LogP contribution in [0.5, 0.6) is 0 Å². The molecular formula is C27H42N8O4. The summed E-state index contributed by atoms with van der Waals surface area (Å²) < 4.78 is 10.7. The molecule has 0 unspecified atom stereocenters. The number of nitrogens with zero attached hydrogens (tertiary/aromatic N) is 4. The lowest BCUT2D eigenvalue weighted by molar-refractivity contribution is 0.0511. The number of rotatable bonds is 14. The number of piperidine rings is 1. The molecule has 0 atom stereocenters. The maximum Gasteiger partial charge on any atom is 0.251 e. The quantitative estimate of drug-likeness (QED) is 0.222. The number of carbonyl (C=O) groups excluding carboxylic acids is 1. The van der Waals surface area contributed by atoms with Crippen molar-refractivity contribution in [3.05, 3.63) is 29.8 Å². The Morgan fingerprint density at radius 3 is 2.33 bits per heavy atom. The first-order chi connectivity index (χ1) is 19.1. The molecule has 2 aliphatic rings. The van der Waals surface area contributed by atoms with Gasteiger partial charge in [-0.3, -0.25) is 4.79 Å². The summed E-state index contributed by atoms with van der Waals surface area (Å²) in [6, 6.07) is 7.42. The van der Waals surface area contributed by atoms with Gasteiger partial charge in [-0.25, -0.2) is 0 Å². The molecule has 214 valence electrons. The molecule has 6 N–H and O–H groups in total. The number of nitrogens with two attached hydrogens (primary N) is 1. The van der Waals surface area contributed by atoms with Crippen molar-refractivity contribution in [1.29, 1.82) is 0 Å². The first-order valence-electron chi connectivity index (χ1n) is 14.1. The molecular weight excluding hydrogens is 500 g/mol. The van der Waals surface area contributed by atoms with Crippen molar-refractivity contribution in [2.45, 2.75) is 57.1 Å². The van der Waals surface area contributed by atoms with Crippen LogP contribution in [0.1, 0.15) is 55.3 Å². The molecule has 4 rings (SSSR count). The second-order valence-electron chi connectivity index (χ2n) is 9.95. The van der Waals surface area contributed by atoms with E-state index in [2.05, 4.69) is 25.8 Å². The Balaban J connectivity index is 1.33. The molecule has 1 saturated heterocycles. The van der Waals surface area contributed by atoms with Gasteiger partial charge in [-0.2, -0.15) is 15.0 Å². The highest BCUT2D eigenvalue weighted by atomic mass is 16.5. The molecule has 2 aromatic rings. The lowest BCUT2D eigenvalue weighted by atomic mass is 9.93. The standard InChI is InChI=1S/C27H42N8O4/c28-12-16-38-18-19-39-17-13-29-24(37)20-4-6-21(7-5-20)30-25-32-26(31-22-8-10-23(36)11-9-22)34-27(33-25)35-14-2-1-3-15-35/h4-7,22-23,36H,1-3,8-19,28H2,(H,29,37)(H2,30,31,32,33,34). The number of ether oxygens (including phenoxy) is 2. The van der Waals surface area contributed by atoms with Gasteiger partial charge < -0.3 is 41.2 Å². The Kier molecular flexibility index (Phi) is 11.5. The lowest BCUT2D eigenvalue weighted by Crippen LogP contribution is -2.32. The third kappa shape index (κ3) is 9.57. The van der Waals surface area contributed by atoms with Crippen molar-refractivity contribution < 1.29 is 19.4 Å². The first-order valence-corrected chi connectivity index (χ1v) is 14.1. The normalized spacial score (nSPS) is 19.5. The second kappa shape index (κ2) is 15.5. The zero-order valence-corrected chi connectivity index (χ0v) is 22.6. The monoisotopic (exact) mass is 542 g/mol. The first kappa shape index (κ1) is 28.9. The number of hydrogen-bond acceptors (Lipinski definition) is 11. The van der Waals surface area contributed by atoms with Crippen molar-refractivity contribution in [2.24, 2.45) is 5.73 Å². The summed E-state index contributed by atoms with van der Waals surface area (Å²) in [5.74, 6) is 1.49. The molecule has 1 aromatic carbocycles. The zero-order valence-electron chi connectivity index (χ0n) is 22.6. The van der Waals surface area contributed by atoms with Crippen LogP contribution in [-0.4, -0.2) is 90.7 Å². The van der Waals surface area contributed by atoms with Crippen molar-refractivity contribution >= 4 is 29.4 Å². The fourth-order valence-electron chi connectivity index (χ4n) is 4.70. The van der Waals surface area contributed by atoms with Gasteiger partial charge in [0.15, 0.2) is 0 Å². The number of aliphatic hydroxyl groups is 1. The largest absolute Gasteiger partial charge is 0.393 e. The molecule has 0 radical (unpaired) electrons. The molecule has 1 saturated carbocycles. The highest BCUT2D eigenvalue weighted by molar-refractivity contribution is 5.94. The summed E-state index contributed by atoms with van der Waals surface area (Å²) in [6.07, 6.45) is 6.58. The number of aromatic nitrogens is 3. The summed E-state index contributed by atoms with van der Waals surface area (Å²) >= 11 is 0. The van der Waals surface area contributed by atoms with E-state index in [1.807, 2.05) is 12.1 Å². The maximum absolute atomic E-state index is 12.5. The number of hydrogen-bond donors (Lipinski definition) is 5. The molecule has 2 fully saturated rings. The SMILES string of the molecule is NCCOCCOCCNC(=O)c1ccc(Nc2nc(NC3CCC(O)CC3)nc(N3CCCCC3)n2)cc1. The average Bonchev–Trinajstić information content (AvgIpc) is 2.96. The van der Waals surface area contributed by atoms with Crippen LogP contribution in [0.25, 0.3) is 0 Å². The molecule has 12 heteroatoms. The van der Waals surface area contributed by atoms with E-state index in [-0.39, 0.29) is 18.1 Å². The number of benzene rings is 1. The topological polar surface area (TPSA) is 160 Å². The van der Waals surface area contributed by atoms with Gasteiger partial charge in [-0.1, -0.05) is 0 Å². The molecule has 1 amide bonds. The Labute approximate surface area is 230 Å². The van der Waals surface area contributed by atoms with E-state index in [1.54, 1.807) is 12.1 Å². The third-order valence-corrected chi connectivity index (χ3v) is 6.86. The summed E-state index contributed by atoms with van der Waals surface area (Å²) in [6.45, 7) is 4.64. The van der Waals surface area contributed by atoms with E-state index in [0.29, 0.717) is 62.9 Å². The van der Waals surface area contributed by atoms with E-state index in [9.17, 15) is 9.90 Å². The summed E-state index contributed by atoms with van der Waals surface area (Å²) in [7, 11) is 0. The smallest absolute Gasteiger partial charge is 0.251 e. The predicted octanol–water partition coefficient (Wildman–Crippen LogP) is 2.04. The average molecular weight is 543 g/mol. The number of nitrogens with one attached hydrogen (secondary N) is 3. The Bertz CT molecular complexity index is 1010. The number of carbonyl (C=O) groups is 1. The lowest BCUT2D eigenvalue weighted by Gasteiger charge is -2.28. The minimum absolute atomic E-state index is 0.166. The van der Waals surface area contributed by atoms with Crippen LogP contribution >= 0.6 is 0 Å². The summed E-state index contributed by atoms with van der Waals surface area (Å²) in [5, 5.41) is 19.4. The van der Waals surface area contributed by atoms with Crippen molar-refractivity contribution in [3.8, 4) is 0 Å². The second-order valence-corrected chi connectivity index (χ2v) is 9.95. The van der Waals surface area contributed by atoms with Crippen LogP contribution < -0.4 is 26.6 Å². The molecule has 2 heterocycles. The van der Waals surface area contributed by atoms with Gasteiger partial charge in [0, 0.05) is 43.5 Å². The predicted molar refractivity (Wildman–Crippen MR) is 151 cm³/mol. The Morgan fingerprint density at radius 2 is 1.62 bits per heavy atom. The van der Waals surface area contributed by atoms with Crippen molar-refractivity contribution in [1.82, 2.24) is 20.3 Å². The van der Waals surface area contributed by atoms with E-state index < -0.39 is 0 Å². The minimum Gasteiger partial charge on any atom is -0.393 e. The Hall–Kier alpha value is -3.06. The number of aliphatic hydroxyl groups excluding tert-OH is 1. The van der Waals surface area contributed by atoms with Gasteiger partial charge >= 0.3 is 0 Å². The van der Waals surface area contributed by atoms with Crippen LogP contribution in [0, 0.1) is 0 Å². The van der Waals surface area contributed by atoms with Gasteiger partial charge in [0.1, 0.15) is 0 Å². The highest BCUT2D eigenvalue weighted by Gasteiger charge is 2.22. The van der Waals surface area contributed by atoms with Gasteiger partial charge in [-0.15, -0.1) is 0 Å². The third-order valence-electron chi connectivity index (χ3n) is 6.86. The van der Waals surface area contributed by atoms with Crippen LogP contribution in [0.15, 0.2) is 24.3 Å². The number of anilines is 4. The van der Waals surface area contributed by atoms with Gasteiger partial charge in [-0.05, 0) is 69.2 Å². The summed E-state index contributed by atoms with van der Waals surface area (Å²) in [5.41, 5.74) is 6.69. The van der Waals surface area contributed by atoms with Gasteiger partial charge in [0.2, 0.25) is 17.8 Å². The highest BCUT2D eigenvalue weighted by Crippen LogP contribution is 2.24. The van der Waals surface area contributed by atoms with E-state index in [0.717, 1.165) is 57.3 Å². The van der Waals surface area contributed by atoms with Crippen LogP contribution in [0.4, 0.5) is 23.5 Å². The van der Waals surface area contributed by atoms with Crippen LogP contribution in [-0.2, 0) is 9.47 Å². The molecule has 1 aliphatic carbocycles. The number of amides is 1. The minimum atomic E-state index is -0.215.